The molecule has 0 aromatic heterocycles. The minimum atomic E-state index is -0.539. The van der Waals surface area contributed by atoms with Crippen LogP contribution in [0.5, 0.6) is 0 Å². The van der Waals surface area contributed by atoms with E-state index in [1.165, 1.54) is 10.8 Å². The van der Waals surface area contributed by atoms with Crippen LogP contribution in [-0.4, -0.2) is 148 Å². The number of nitrogens with zero attached hydrogens (tertiary/aromatic N) is 1. The molecule has 0 bridgehead atoms. The van der Waals surface area contributed by atoms with Gasteiger partial charge in [-0.25, -0.2) is 0 Å². The highest BCUT2D eigenvalue weighted by Crippen LogP contribution is 2.19. The monoisotopic (exact) mass is 888 g/mol. The maximum atomic E-state index is 12.5. The highest BCUT2D eigenvalue weighted by molar-refractivity contribution is 8.76. The molecular weight excluding hydrogens is 817 g/mol. The van der Waals surface area contributed by atoms with Gasteiger partial charge in [-0.3, -0.25) is 48.1 Å². The average Bonchev–Trinajstić information content (AvgIpc) is 3.19. The van der Waals surface area contributed by atoms with Crippen LogP contribution in [0.2, 0.25) is 0 Å². The zero-order valence-electron chi connectivity index (χ0n) is 36.8. The highest BCUT2D eigenvalue weighted by atomic mass is 33.1. The zero-order valence-corrected chi connectivity index (χ0v) is 38.4. The van der Waals surface area contributed by atoms with E-state index in [1.54, 1.807) is 31.6 Å². The fourth-order valence-corrected chi connectivity index (χ4v) is 6.19. The van der Waals surface area contributed by atoms with E-state index in [2.05, 4.69) is 47.9 Å². The maximum Gasteiger partial charge on any atom is 0.230 e. The molecule has 0 aliphatic carbocycles. The molecule has 0 aromatic carbocycles. The lowest BCUT2D eigenvalue weighted by atomic mass is 9.89. The van der Waals surface area contributed by atoms with E-state index >= 15 is 0 Å². The zero-order chi connectivity index (χ0) is 45.4. The van der Waals surface area contributed by atoms with Crippen LogP contribution in [0.4, 0.5) is 0 Å². The smallest absolute Gasteiger partial charge is 0.230 e. The molecule has 0 heterocycles. The van der Waals surface area contributed by atoms with Crippen molar-refractivity contribution in [3.8, 4) is 0 Å². The summed E-state index contributed by atoms with van der Waals surface area (Å²) < 4.78 is 0. The lowest BCUT2D eigenvalue weighted by molar-refractivity contribution is -0.130. The van der Waals surface area contributed by atoms with Gasteiger partial charge in [-0.15, -0.1) is 0 Å². The molecule has 0 spiro atoms. The van der Waals surface area contributed by atoms with Crippen molar-refractivity contribution in [2.75, 3.05) is 90.0 Å². The van der Waals surface area contributed by atoms with Gasteiger partial charge in [0, 0.05) is 134 Å². The van der Waals surface area contributed by atoms with E-state index in [0.717, 1.165) is 5.75 Å². The van der Waals surface area contributed by atoms with E-state index in [4.69, 9.17) is 0 Å². The first-order chi connectivity index (χ1) is 28.3. The van der Waals surface area contributed by atoms with Crippen LogP contribution in [0, 0.1) is 10.8 Å². The first-order valence-corrected chi connectivity index (χ1v) is 23.2. The molecule has 21 heteroatoms. The van der Waals surface area contributed by atoms with Crippen LogP contribution in [0.15, 0.2) is 0 Å². The molecule has 0 rings (SSSR count). The van der Waals surface area contributed by atoms with Crippen molar-refractivity contribution in [1.29, 1.82) is 0 Å². The van der Waals surface area contributed by atoms with Gasteiger partial charge in [-0.05, 0) is 6.42 Å². The van der Waals surface area contributed by atoms with Crippen LogP contribution in [0.3, 0.4) is 0 Å². The Hall–Kier alpha value is -4.11. The predicted molar refractivity (Wildman–Crippen MR) is 235 cm³/mol. The van der Waals surface area contributed by atoms with Crippen molar-refractivity contribution in [3.63, 3.8) is 0 Å². The molecule has 344 valence electrons. The minimum Gasteiger partial charge on any atom is -0.355 e. The molecule has 60 heavy (non-hydrogen) atoms. The van der Waals surface area contributed by atoms with E-state index in [1.807, 2.05) is 32.6 Å². The number of amides is 9. The van der Waals surface area contributed by atoms with Gasteiger partial charge in [0.1, 0.15) is 0 Å². The highest BCUT2D eigenvalue weighted by Gasteiger charge is 2.24. The Morgan fingerprint density at radius 3 is 1.02 bits per heavy atom. The van der Waals surface area contributed by atoms with Crippen molar-refractivity contribution in [2.24, 2.45) is 10.8 Å². The number of hydrogen-bond acceptors (Lipinski definition) is 12. The molecule has 0 aromatic rings. The van der Waals surface area contributed by atoms with E-state index < -0.39 is 10.8 Å². The molecule has 0 unspecified atom stereocenters. The second-order valence-electron chi connectivity index (χ2n) is 15.5. The van der Waals surface area contributed by atoms with Crippen LogP contribution >= 0.6 is 21.6 Å². The lowest BCUT2D eigenvalue weighted by Crippen LogP contribution is -2.43. The van der Waals surface area contributed by atoms with Crippen LogP contribution in [-0.2, 0) is 43.2 Å². The Morgan fingerprint density at radius 2 is 0.700 bits per heavy atom. The average molecular weight is 889 g/mol. The summed E-state index contributed by atoms with van der Waals surface area (Å²) in [4.78, 5) is 112. The summed E-state index contributed by atoms with van der Waals surface area (Å²) in [5.74, 6) is -1.05. The minimum absolute atomic E-state index is 0.0256. The largest absolute Gasteiger partial charge is 0.355 e. The van der Waals surface area contributed by atoms with Crippen LogP contribution in [0.1, 0.15) is 93.4 Å². The molecule has 0 fully saturated rings. The van der Waals surface area contributed by atoms with E-state index in [9.17, 15) is 43.2 Å². The third kappa shape index (κ3) is 30.9. The SMILES string of the molecule is CCSSCC(=O)NCCNC(=O)CCC(=O)NCCN(CCNC(=O)CCC(=O)NCCNC(=O)C(C)(C)C)CCNC(=O)CCC(=O)NCCNC(=O)C(C)(C)CC. The van der Waals surface area contributed by atoms with Crippen molar-refractivity contribution in [3.05, 3.63) is 0 Å². The van der Waals surface area contributed by atoms with Crippen molar-refractivity contribution in [2.45, 2.75) is 93.4 Å². The summed E-state index contributed by atoms with van der Waals surface area (Å²) in [6, 6.07) is 0. The Labute approximate surface area is 363 Å². The van der Waals surface area contributed by atoms with Crippen molar-refractivity contribution < 1.29 is 43.2 Å². The third-order valence-electron chi connectivity index (χ3n) is 8.79. The Morgan fingerprint density at radius 1 is 0.400 bits per heavy atom. The first kappa shape index (κ1) is 55.9. The molecule has 9 N–H and O–H groups in total. The van der Waals surface area contributed by atoms with Gasteiger partial charge >= 0.3 is 0 Å². The number of nitrogens with one attached hydrogen (secondary N) is 9. The number of carbonyl (C=O) groups is 9. The lowest BCUT2D eigenvalue weighted by Gasteiger charge is -2.23. The number of hydrogen-bond donors (Lipinski definition) is 9. The van der Waals surface area contributed by atoms with Crippen LogP contribution < -0.4 is 47.9 Å². The second-order valence-corrected chi connectivity index (χ2v) is 18.2. The third-order valence-corrected chi connectivity index (χ3v) is 11.1. The summed E-state index contributed by atoms with van der Waals surface area (Å²) in [6.45, 7) is 16.3. The summed E-state index contributed by atoms with van der Waals surface area (Å²) in [6.07, 6.45) is 0.493. The van der Waals surface area contributed by atoms with Gasteiger partial charge in [-0.1, -0.05) is 70.1 Å². The second kappa shape index (κ2) is 32.6. The molecule has 0 saturated heterocycles. The molecule has 0 aliphatic rings. The van der Waals surface area contributed by atoms with Gasteiger partial charge in [-0.2, -0.15) is 0 Å². The Kier molecular flexibility index (Phi) is 30.4. The van der Waals surface area contributed by atoms with Crippen molar-refractivity contribution in [1.82, 2.24) is 52.8 Å². The maximum absolute atomic E-state index is 12.5. The number of carbonyl (C=O) groups excluding carboxylic acids is 9. The van der Waals surface area contributed by atoms with Crippen molar-refractivity contribution >= 4 is 74.8 Å². The Bertz CT molecular complexity index is 1380. The molecule has 0 radical (unpaired) electrons. The summed E-state index contributed by atoms with van der Waals surface area (Å²) in [5, 5.41) is 24.6. The predicted octanol–water partition coefficient (Wildman–Crippen LogP) is -0.442. The van der Waals surface area contributed by atoms with Crippen LogP contribution in [0.25, 0.3) is 0 Å². The quantitative estimate of drug-likeness (QED) is 0.0300. The topological polar surface area (TPSA) is 265 Å². The standard InChI is InChI=1S/C39H72N10O9S2/c1-8-39(6,7)37(58)48-21-19-42-31(52)12-15-34(55)46-24-27-49(26-23-45-33(54)14-11-30(51)41-18-20-47-36(57)38(3,4)5)25-22-44-32(53)13-10-29(50)40-16-17-43-35(56)28-60-59-9-2/h8-28H2,1-7H3,(H,40,50)(H,41,51)(H,42,52)(H,43,56)(H,44,53)(H,45,54)(H,46,55)(H,47,57)(H,48,58). The molecular formula is C39H72N10O9S2. The Balaban J connectivity index is 4.76. The molecule has 9 amide bonds. The summed E-state index contributed by atoms with van der Waals surface area (Å²) in [7, 11) is 3.06. The van der Waals surface area contributed by atoms with Gasteiger partial charge in [0.15, 0.2) is 0 Å². The molecule has 19 nitrogen and oxygen atoms in total. The van der Waals surface area contributed by atoms with Gasteiger partial charge in [0.25, 0.3) is 0 Å². The fraction of sp³-hybridized carbons (Fsp3) is 0.769. The normalized spacial score (nSPS) is 11.2. The van der Waals surface area contributed by atoms with E-state index in [0.29, 0.717) is 31.8 Å². The molecule has 0 atom stereocenters. The fourth-order valence-electron chi connectivity index (χ4n) is 4.66. The van der Waals surface area contributed by atoms with E-state index in [-0.39, 0.29) is 151 Å². The van der Waals surface area contributed by atoms with Gasteiger partial charge < -0.3 is 47.9 Å². The summed E-state index contributed by atoms with van der Waals surface area (Å²) >= 11 is 0. The number of rotatable bonds is 33. The van der Waals surface area contributed by atoms with Gasteiger partial charge in [0.2, 0.25) is 53.2 Å². The molecule has 0 aliphatic heterocycles. The molecule has 0 saturated carbocycles. The van der Waals surface area contributed by atoms with Gasteiger partial charge in [0.05, 0.1) is 5.75 Å². The summed E-state index contributed by atoms with van der Waals surface area (Å²) in [5.41, 5.74) is -1.04. The first-order valence-electron chi connectivity index (χ1n) is 20.7.